The number of benzene rings is 1. The summed E-state index contributed by atoms with van der Waals surface area (Å²) in [5.74, 6) is -2.33. The van der Waals surface area contributed by atoms with Gasteiger partial charge in [-0.15, -0.1) is 0 Å². The molecule has 3 amide bonds. The second kappa shape index (κ2) is 13.9. The molecule has 0 radical (unpaired) electrons. The van der Waals surface area contributed by atoms with Crippen molar-refractivity contribution in [1.82, 2.24) is 16.0 Å². The smallest absolute Gasteiger partial charge is 0.326 e. The molecule has 1 aromatic carbocycles. The van der Waals surface area contributed by atoms with Crippen LogP contribution in [0.3, 0.4) is 0 Å². The third kappa shape index (κ3) is 9.51. The lowest BCUT2D eigenvalue weighted by molar-refractivity contribution is -0.141. The van der Waals surface area contributed by atoms with Crippen LogP contribution >= 0.6 is 24.4 Å². The number of carboxylic acid groups (broad SMARTS) is 1. The average Bonchev–Trinajstić information content (AvgIpc) is 2.73. The maximum atomic E-state index is 12.3. The van der Waals surface area contributed by atoms with Crippen LogP contribution in [0.15, 0.2) is 30.3 Å². The summed E-state index contributed by atoms with van der Waals surface area (Å²) in [6, 6.07) is 6.36. The number of hydrogen-bond acceptors (Lipinski definition) is 7. The minimum absolute atomic E-state index is 0.00270. The van der Waals surface area contributed by atoms with E-state index >= 15 is 0 Å². The van der Waals surface area contributed by atoms with Gasteiger partial charge in [0.1, 0.15) is 12.1 Å². The molecule has 0 fully saturated rings. The van der Waals surface area contributed by atoms with Crippen molar-refractivity contribution < 1.29 is 24.3 Å². The first-order valence-electron chi connectivity index (χ1n) is 9.28. The molecule has 0 heterocycles. The molecule has 3 unspecified atom stereocenters. The average molecular weight is 457 g/mol. The van der Waals surface area contributed by atoms with Crippen LogP contribution in [0, 0.1) is 0 Å². The molecule has 0 aliphatic heterocycles. The number of nitrogens with two attached hydrogens (primary N) is 1. The van der Waals surface area contributed by atoms with Gasteiger partial charge in [0.05, 0.1) is 12.6 Å². The summed E-state index contributed by atoms with van der Waals surface area (Å²) in [7, 11) is 0. The zero-order valence-corrected chi connectivity index (χ0v) is 18.4. The molecule has 0 saturated heterocycles. The highest BCUT2D eigenvalue weighted by atomic mass is 32.2. The van der Waals surface area contributed by atoms with Gasteiger partial charge in [0.25, 0.3) is 0 Å². The Kier molecular flexibility index (Phi) is 11.9. The first-order valence-corrected chi connectivity index (χ1v) is 11.3. The number of nitrogens with one attached hydrogen (secondary N) is 3. The second-order valence-corrected chi connectivity index (χ2v) is 7.85. The van der Waals surface area contributed by atoms with Gasteiger partial charge in [-0.2, -0.15) is 24.4 Å². The first-order chi connectivity index (χ1) is 14.3. The molecule has 0 spiro atoms. The van der Waals surface area contributed by atoms with E-state index < -0.39 is 48.4 Å². The number of hydrogen-bond donors (Lipinski definition) is 6. The minimum atomic E-state index is -1.14. The van der Waals surface area contributed by atoms with E-state index in [9.17, 15) is 19.2 Å². The Bertz CT molecular complexity index is 720. The summed E-state index contributed by atoms with van der Waals surface area (Å²) >= 11 is 5.53. The lowest BCUT2D eigenvalue weighted by Crippen LogP contribution is -2.54. The minimum Gasteiger partial charge on any atom is -0.480 e. The standard InChI is InChI=1S/C19H28N4O5S2/c1-30-8-7-14(19(27)28)22-16(24)10-21-18(26)15(11-29)23-17(25)13(20)9-12-5-3-2-4-6-12/h2-6,13-15,29H,7-11,20H2,1H3,(H,21,26)(H,22,24)(H,23,25)(H,27,28). The van der Waals surface area contributed by atoms with Crippen molar-refractivity contribution in [3.05, 3.63) is 35.9 Å². The summed E-state index contributed by atoms with van der Waals surface area (Å²) < 4.78 is 0. The van der Waals surface area contributed by atoms with Crippen LogP contribution in [-0.2, 0) is 25.6 Å². The fourth-order valence-electron chi connectivity index (χ4n) is 2.46. The van der Waals surface area contributed by atoms with Gasteiger partial charge in [0, 0.05) is 5.75 Å². The number of thiol groups is 1. The van der Waals surface area contributed by atoms with Crippen LogP contribution in [0.5, 0.6) is 0 Å². The molecule has 0 bridgehead atoms. The topological polar surface area (TPSA) is 151 Å². The van der Waals surface area contributed by atoms with E-state index in [0.29, 0.717) is 12.2 Å². The molecule has 3 atom stereocenters. The van der Waals surface area contributed by atoms with Crippen molar-refractivity contribution in [3.63, 3.8) is 0 Å². The molecule has 1 rings (SSSR count). The summed E-state index contributed by atoms with van der Waals surface area (Å²) in [5, 5.41) is 16.4. The molecule has 166 valence electrons. The van der Waals surface area contributed by atoms with Gasteiger partial charge in [-0.3, -0.25) is 14.4 Å². The summed E-state index contributed by atoms with van der Waals surface area (Å²) in [4.78, 5) is 47.7. The van der Waals surface area contributed by atoms with Gasteiger partial charge in [0.15, 0.2) is 0 Å². The van der Waals surface area contributed by atoms with Gasteiger partial charge < -0.3 is 26.8 Å². The Morgan fingerprint density at radius 3 is 2.33 bits per heavy atom. The molecule has 0 saturated carbocycles. The van der Waals surface area contributed by atoms with Crippen LogP contribution < -0.4 is 21.7 Å². The Hall–Kier alpha value is -2.24. The quantitative estimate of drug-likeness (QED) is 0.217. The molecular formula is C19H28N4O5S2. The molecule has 6 N–H and O–H groups in total. The van der Waals surface area contributed by atoms with Crippen molar-refractivity contribution >= 4 is 48.1 Å². The predicted octanol–water partition coefficient (Wildman–Crippen LogP) is -0.590. The van der Waals surface area contributed by atoms with E-state index in [1.165, 1.54) is 11.8 Å². The number of rotatable bonds is 13. The predicted molar refractivity (Wildman–Crippen MR) is 119 cm³/mol. The van der Waals surface area contributed by atoms with Crippen LogP contribution in [-0.4, -0.2) is 71.2 Å². The SMILES string of the molecule is CSCCC(NC(=O)CNC(=O)C(CS)NC(=O)C(N)Cc1ccccc1)C(=O)O. The maximum Gasteiger partial charge on any atom is 0.326 e. The third-order valence-electron chi connectivity index (χ3n) is 4.12. The number of thioether (sulfide) groups is 1. The molecule has 0 aliphatic rings. The van der Waals surface area contributed by atoms with Gasteiger partial charge in [-0.05, 0) is 30.4 Å². The van der Waals surface area contributed by atoms with Gasteiger partial charge in [-0.1, -0.05) is 30.3 Å². The number of amides is 3. The zero-order chi connectivity index (χ0) is 22.5. The summed E-state index contributed by atoms with van der Waals surface area (Å²) in [5.41, 5.74) is 6.79. The van der Waals surface area contributed by atoms with Crippen molar-refractivity contribution in [2.45, 2.75) is 31.0 Å². The third-order valence-corrected chi connectivity index (χ3v) is 5.13. The monoisotopic (exact) mass is 456 g/mol. The fraction of sp³-hybridized carbons (Fsp3) is 0.474. The van der Waals surface area contributed by atoms with Gasteiger partial charge in [-0.25, -0.2) is 4.79 Å². The van der Waals surface area contributed by atoms with Crippen LogP contribution in [0.1, 0.15) is 12.0 Å². The van der Waals surface area contributed by atoms with E-state index in [1.807, 2.05) is 36.6 Å². The van der Waals surface area contributed by atoms with E-state index in [1.54, 1.807) is 0 Å². The number of carbonyl (C=O) groups is 4. The number of carbonyl (C=O) groups excluding carboxylic acids is 3. The van der Waals surface area contributed by atoms with Gasteiger partial charge in [0.2, 0.25) is 17.7 Å². The molecule has 0 aromatic heterocycles. The molecule has 0 aliphatic carbocycles. The molecule has 1 aromatic rings. The summed E-state index contributed by atoms with van der Waals surface area (Å²) in [6.07, 6.45) is 2.41. The lowest BCUT2D eigenvalue weighted by Gasteiger charge is -2.19. The lowest BCUT2D eigenvalue weighted by atomic mass is 10.1. The van der Waals surface area contributed by atoms with E-state index in [0.717, 1.165) is 5.56 Å². The number of aliphatic carboxylic acids is 1. The van der Waals surface area contributed by atoms with Crippen molar-refractivity contribution in [2.75, 3.05) is 24.3 Å². The highest BCUT2D eigenvalue weighted by Crippen LogP contribution is 2.03. The maximum absolute atomic E-state index is 12.3. The summed E-state index contributed by atoms with van der Waals surface area (Å²) in [6.45, 7) is -0.419. The highest BCUT2D eigenvalue weighted by Gasteiger charge is 2.24. The Balaban J connectivity index is 2.50. The first kappa shape index (κ1) is 25.8. The van der Waals surface area contributed by atoms with Gasteiger partial charge >= 0.3 is 5.97 Å². The highest BCUT2D eigenvalue weighted by molar-refractivity contribution is 7.98. The number of carboxylic acids is 1. The van der Waals surface area contributed by atoms with E-state index in [4.69, 9.17) is 10.8 Å². The normalized spacial score (nSPS) is 13.6. The van der Waals surface area contributed by atoms with Crippen molar-refractivity contribution in [3.8, 4) is 0 Å². The van der Waals surface area contributed by atoms with Crippen molar-refractivity contribution in [2.24, 2.45) is 5.73 Å². The Labute approximate surface area is 185 Å². The van der Waals surface area contributed by atoms with Crippen LogP contribution in [0.25, 0.3) is 0 Å². The van der Waals surface area contributed by atoms with Crippen LogP contribution in [0.4, 0.5) is 0 Å². The molecular weight excluding hydrogens is 428 g/mol. The van der Waals surface area contributed by atoms with E-state index in [2.05, 4.69) is 28.6 Å². The van der Waals surface area contributed by atoms with Crippen molar-refractivity contribution in [1.29, 1.82) is 0 Å². The van der Waals surface area contributed by atoms with E-state index in [-0.39, 0.29) is 12.2 Å². The molecule has 11 heteroatoms. The Morgan fingerprint density at radius 2 is 1.77 bits per heavy atom. The molecule has 30 heavy (non-hydrogen) atoms. The fourth-order valence-corrected chi connectivity index (χ4v) is 3.19. The largest absolute Gasteiger partial charge is 0.480 e. The molecule has 9 nitrogen and oxygen atoms in total. The van der Waals surface area contributed by atoms with Crippen LogP contribution in [0.2, 0.25) is 0 Å². The zero-order valence-electron chi connectivity index (χ0n) is 16.7. The second-order valence-electron chi connectivity index (χ2n) is 6.50. The Morgan fingerprint density at radius 1 is 1.10 bits per heavy atom.